The van der Waals surface area contributed by atoms with Gasteiger partial charge in [-0.25, -0.2) is 9.18 Å². The first kappa shape index (κ1) is 17.4. The van der Waals surface area contributed by atoms with E-state index in [1.54, 1.807) is 30.3 Å². The van der Waals surface area contributed by atoms with Crippen molar-refractivity contribution in [3.05, 3.63) is 69.0 Å². The number of carbonyl (C=O) groups excluding carboxylic acids is 2. The summed E-state index contributed by atoms with van der Waals surface area (Å²) in [5, 5.41) is 2.66. The Bertz CT molecular complexity index is 688. The molecule has 2 aromatic rings. The van der Waals surface area contributed by atoms with E-state index in [9.17, 15) is 14.0 Å². The van der Waals surface area contributed by atoms with Crippen molar-refractivity contribution in [1.29, 1.82) is 0 Å². The van der Waals surface area contributed by atoms with E-state index < -0.39 is 5.97 Å². The number of hydrogen-bond donors (Lipinski definition) is 1. The summed E-state index contributed by atoms with van der Waals surface area (Å²) in [4.78, 5) is 23.5. The van der Waals surface area contributed by atoms with Gasteiger partial charge in [0.15, 0.2) is 6.61 Å². The van der Waals surface area contributed by atoms with E-state index in [0.717, 1.165) is 9.13 Å². The third-order valence-electron chi connectivity index (χ3n) is 3.08. The van der Waals surface area contributed by atoms with Crippen molar-refractivity contribution >= 4 is 34.5 Å². The fourth-order valence-corrected chi connectivity index (χ4v) is 2.49. The van der Waals surface area contributed by atoms with Crippen molar-refractivity contribution in [2.45, 2.75) is 6.42 Å². The number of halogens is 2. The molecule has 1 N–H and O–H groups in total. The van der Waals surface area contributed by atoms with Gasteiger partial charge in [0, 0.05) is 10.1 Å². The maximum Gasteiger partial charge on any atom is 0.339 e. The molecule has 0 aromatic heterocycles. The van der Waals surface area contributed by atoms with Gasteiger partial charge in [0.2, 0.25) is 0 Å². The highest BCUT2D eigenvalue weighted by Crippen LogP contribution is 2.12. The van der Waals surface area contributed by atoms with Crippen LogP contribution in [0.15, 0.2) is 48.5 Å². The standard InChI is InChI=1S/C17H15FINO3/c18-13-7-5-12(6-8-13)9-10-20-16(21)11-23-17(22)14-3-1-2-4-15(14)19/h1-8H,9-11H2,(H,20,21). The van der Waals surface area contributed by atoms with Crippen LogP contribution in [0.5, 0.6) is 0 Å². The van der Waals surface area contributed by atoms with Crippen molar-refractivity contribution in [3.8, 4) is 0 Å². The Balaban J connectivity index is 1.72. The van der Waals surface area contributed by atoms with Gasteiger partial charge in [0.1, 0.15) is 5.82 Å². The summed E-state index contributed by atoms with van der Waals surface area (Å²) in [6.07, 6.45) is 0.580. The number of amides is 1. The Hall–Kier alpha value is -1.96. The Kier molecular flexibility index (Phi) is 6.52. The topological polar surface area (TPSA) is 55.4 Å². The number of hydrogen-bond acceptors (Lipinski definition) is 3. The zero-order valence-electron chi connectivity index (χ0n) is 12.2. The Morgan fingerprint density at radius 2 is 1.78 bits per heavy atom. The average Bonchev–Trinajstić information content (AvgIpc) is 2.55. The van der Waals surface area contributed by atoms with Gasteiger partial charge >= 0.3 is 5.97 Å². The summed E-state index contributed by atoms with van der Waals surface area (Å²) in [5.74, 6) is -1.18. The Labute approximate surface area is 147 Å². The van der Waals surface area contributed by atoms with Crippen LogP contribution in [0.2, 0.25) is 0 Å². The Morgan fingerprint density at radius 1 is 1.09 bits per heavy atom. The molecule has 6 heteroatoms. The lowest BCUT2D eigenvalue weighted by Crippen LogP contribution is -2.30. The molecule has 2 aromatic carbocycles. The first-order chi connectivity index (χ1) is 11.1. The molecule has 2 rings (SSSR count). The molecule has 0 atom stereocenters. The molecular formula is C17H15FINO3. The lowest BCUT2D eigenvalue weighted by molar-refractivity contribution is -0.124. The van der Waals surface area contributed by atoms with Crippen LogP contribution in [-0.2, 0) is 16.0 Å². The van der Waals surface area contributed by atoms with Crippen LogP contribution in [0.3, 0.4) is 0 Å². The largest absolute Gasteiger partial charge is 0.452 e. The predicted molar refractivity (Wildman–Crippen MR) is 92.6 cm³/mol. The molecular weight excluding hydrogens is 412 g/mol. The minimum absolute atomic E-state index is 0.291. The second-order valence-corrected chi connectivity index (χ2v) is 5.94. The molecule has 0 saturated heterocycles. The third kappa shape index (κ3) is 5.63. The summed E-state index contributed by atoms with van der Waals surface area (Å²) in [5.41, 5.74) is 1.36. The van der Waals surface area contributed by atoms with Gasteiger partial charge in [0.05, 0.1) is 5.56 Å². The fourth-order valence-electron chi connectivity index (χ4n) is 1.88. The van der Waals surface area contributed by atoms with Gasteiger partial charge in [-0.1, -0.05) is 24.3 Å². The number of esters is 1. The van der Waals surface area contributed by atoms with Gasteiger partial charge in [-0.2, -0.15) is 0 Å². The summed E-state index contributed by atoms with van der Waals surface area (Å²) in [6.45, 7) is 0.0676. The molecule has 0 fully saturated rings. The smallest absolute Gasteiger partial charge is 0.339 e. The van der Waals surface area contributed by atoms with E-state index in [4.69, 9.17) is 4.74 Å². The highest BCUT2D eigenvalue weighted by Gasteiger charge is 2.12. The maximum atomic E-state index is 12.8. The van der Waals surface area contributed by atoms with Gasteiger partial charge in [-0.05, 0) is 58.8 Å². The van der Waals surface area contributed by atoms with Crippen LogP contribution in [-0.4, -0.2) is 25.0 Å². The summed E-state index contributed by atoms with van der Waals surface area (Å²) in [6, 6.07) is 13.1. The number of benzene rings is 2. The van der Waals surface area contributed by atoms with Gasteiger partial charge in [-0.3, -0.25) is 4.79 Å². The predicted octanol–water partition coefficient (Wildman–Crippen LogP) is 2.95. The molecule has 0 unspecified atom stereocenters. The van der Waals surface area contributed by atoms with Crippen molar-refractivity contribution < 1.29 is 18.7 Å². The Morgan fingerprint density at radius 3 is 2.48 bits per heavy atom. The average molecular weight is 427 g/mol. The van der Waals surface area contributed by atoms with Gasteiger partial charge in [-0.15, -0.1) is 0 Å². The van der Waals surface area contributed by atoms with E-state index in [1.165, 1.54) is 12.1 Å². The molecule has 0 aliphatic carbocycles. The van der Waals surface area contributed by atoms with Crippen LogP contribution in [0.1, 0.15) is 15.9 Å². The maximum absolute atomic E-state index is 12.8. The van der Waals surface area contributed by atoms with Crippen molar-refractivity contribution in [1.82, 2.24) is 5.32 Å². The molecule has 23 heavy (non-hydrogen) atoms. The summed E-state index contributed by atoms with van der Waals surface area (Å²) in [7, 11) is 0. The zero-order chi connectivity index (χ0) is 16.7. The number of carbonyl (C=O) groups is 2. The number of ether oxygens (including phenoxy) is 1. The second-order valence-electron chi connectivity index (χ2n) is 4.78. The van der Waals surface area contributed by atoms with Crippen LogP contribution in [0, 0.1) is 9.39 Å². The monoisotopic (exact) mass is 427 g/mol. The van der Waals surface area contributed by atoms with E-state index in [1.807, 2.05) is 28.7 Å². The zero-order valence-corrected chi connectivity index (χ0v) is 14.4. The molecule has 0 spiro atoms. The SMILES string of the molecule is O=C(COC(=O)c1ccccc1I)NCCc1ccc(F)cc1. The highest BCUT2D eigenvalue weighted by atomic mass is 127. The molecule has 0 aliphatic rings. The van der Waals surface area contributed by atoms with Gasteiger partial charge in [0.25, 0.3) is 5.91 Å². The third-order valence-corrected chi connectivity index (χ3v) is 4.02. The molecule has 1 amide bonds. The number of rotatable bonds is 6. The van der Waals surface area contributed by atoms with Crippen molar-refractivity contribution in [2.75, 3.05) is 13.2 Å². The van der Waals surface area contributed by atoms with E-state index >= 15 is 0 Å². The normalized spacial score (nSPS) is 10.2. The lowest BCUT2D eigenvalue weighted by atomic mass is 10.1. The molecule has 0 aliphatic heterocycles. The molecule has 0 bridgehead atoms. The van der Waals surface area contributed by atoms with E-state index in [2.05, 4.69) is 5.32 Å². The fraction of sp³-hybridized carbons (Fsp3) is 0.176. The minimum atomic E-state index is -0.524. The first-order valence-corrected chi connectivity index (χ1v) is 8.07. The number of nitrogens with one attached hydrogen (secondary N) is 1. The second kappa shape index (κ2) is 8.61. The summed E-state index contributed by atoms with van der Waals surface area (Å²) < 4.78 is 18.5. The molecule has 0 saturated carbocycles. The van der Waals surface area contributed by atoms with Crippen molar-refractivity contribution in [2.24, 2.45) is 0 Å². The first-order valence-electron chi connectivity index (χ1n) is 6.99. The molecule has 4 nitrogen and oxygen atoms in total. The van der Waals surface area contributed by atoms with Crippen LogP contribution in [0.25, 0.3) is 0 Å². The van der Waals surface area contributed by atoms with Gasteiger partial charge < -0.3 is 10.1 Å². The van der Waals surface area contributed by atoms with Crippen molar-refractivity contribution in [3.63, 3.8) is 0 Å². The molecule has 0 heterocycles. The quantitative estimate of drug-likeness (QED) is 0.570. The van der Waals surface area contributed by atoms with Crippen LogP contribution in [0.4, 0.5) is 4.39 Å². The van der Waals surface area contributed by atoms with Crippen LogP contribution < -0.4 is 5.32 Å². The molecule has 0 radical (unpaired) electrons. The van der Waals surface area contributed by atoms with E-state index in [-0.39, 0.29) is 18.3 Å². The minimum Gasteiger partial charge on any atom is -0.452 e. The highest BCUT2D eigenvalue weighted by molar-refractivity contribution is 14.1. The van der Waals surface area contributed by atoms with E-state index in [0.29, 0.717) is 18.5 Å². The molecule has 120 valence electrons. The lowest BCUT2D eigenvalue weighted by Gasteiger charge is -2.07. The summed E-state index contributed by atoms with van der Waals surface area (Å²) >= 11 is 2.04. The van der Waals surface area contributed by atoms with Crippen LogP contribution >= 0.6 is 22.6 Å².